The van der Waals surface area contributed by atoms with Crippen molar-refractivity contribution in [1.82, 2.24) is 30.5 Å². The maximum absolute atomic E-state index is 11.7. The van der Waals surface area contributed by atoms with E-state index < -0.39 is 0 Å². The van der Waals surface area contributed by atoms with Gasteiger partial charge in [-0.05, 0) is 31.0 Å². The molecule has 0 unspecified atom stereocenters. The van der Waals surface area contributed by atoms with Crippen LogP contribution in [0.15, 0.2) is 48.7 Å². The normalized spacial score (nSPS) is 17.2. The summed E-state index contributed by atoms with van der Waals surface area (Å²) < 4.78 is 11.3. The van der Waals surface area contributed by atoms with Crippen LogP contribution in [0.5, 0.6) is 11.8 Å². The lowest BCUT2D eigenvalue weighted by Crippen LogP contribution is -2.66. The Kier molecular flexibility index (Phi) is 7.66. The van der Waals surface area contributed by atoms with Crippen molar-refractivity contribution in [3.8, 4) is 45.4 Å². The molecule has 3 aliphatic rings. The lowest BCUT2D eigenvalue weighted by molar-refractivity contribution is -0.120. The first-order chi connectivity index (χ1) is 21.4. The number of ether oxygens (including phenoxy) is 2. The van der Waals surface area contributed by atoms with E-state index in [2.05, 4.69) is 21.6 Å². The largest absolute Gasteiger partial charge is 0.481 e. The number of methoxy groups -OCH3 is 2. The number of hydrogen-bond acceptors (Lipinski definition) is 8. The molecule has 0 radical (unpaired) electrons. The molecule has 0 bridgehead atoms. The monoisotopic (exact) mass is 630 g/mol. The quantitative estimate of drug-likeness (QED) is 0.283. The average Bonchev–Trinajstić information content (AvgIpc) is 3.42. The number of aromatic nitrogens is 3. The molecular formula is C33H32Cl2N6O3. The van der Waals surface area contributed by atoms with Crippen LogP contribution in [-0.4, -0.2) is 65.2 Å². The molecule has 3 aliphatic heterocycles. The maximum Gasteiger partial charge on any atom is 0.237 e. The molecule has 11 heteroatoms. The zero-order valence-electron chi connectivity index (χ0n) is 24.5. The topological polar surface area (TPSA) is 102 Å². The van der Waals surface area contributed by atoms with Crippen LogP contribution in [0, 0.1) is 0 Å². The first kappa shape index (κ1) is 29.0. The van der Waals surface area contributed by atoms with Crippen LogP contribution in [0.4, 0.5) is 0 Å². The first-order valence-corrected chi connectivity index (χ1v) is 15.4. The molecule has 7 rings (SSSR count). The minimum Gasteiger partial charge on any atom is -0.481 e. The highest BCUT2D eigenvalue weighted by Crippen LogP contribution is 2.43. The number of nitrogens with zero attached hydrogens (tertiary/aromatic N) is 4. The second-order valence-electron chi connectivity index (χ2n) is 11.6. The van der Waals surface area contributed by atoms with E-state index in [0.29, 0.717) is 40.5 Å². The predicted octanol–water partition coefficient (Wildman–Crippen LogP) is 5.31. The SMILES string of the molecule is COc1nc(-c2cccc(-c3cccc(-c4cc5c(c(OC)n4)CCNC5)c3Cl)c2Cl)cnc1CN1CC2(CCC(=O)N2)C1. The maximum atomic E-state index is 11.7. The van der Waals surface area contributed by atoms with Crippen molar-refractivity contribution in [2.24, 2.45) is 0 Å². The lowest BCUT2D eigenvalue weighted by Gasteiger charge is -2.47. The van der Waals surface area contributed by atoms with Crippen LogP contribution in [-0.2, 0) is 24.3 Å². The summed E-state index contributed by atoms with van der Waals surface area (Å²) in [5.74, 6) is 1.21. The summed E-state index contributed by atoms with van der Waals surface area (Å²) in [4.78, 5) is 28.3. The summed E-state index contributed by atoms with van der Waals surface area (Å²) in [7, 11) is 3.24. The zero-order valence-corrected chi connectivity index (χ0v) is 26.1. The van der Waals surface area contributed by atoms with E-state index in [-0.39, 0.29) is 11.4 Å². The van der Waals surface area contributed by atoms with E-state index in [1.54, 1.807) is 20.4 Å². The lowest BCUT2D eigenvalue weighted by atomic mass is 9.88. The van der Waals surface area contributed by atoms with Crippen LogP contribution in [0.2, 0.25) is 10.0 Å². The molecule has 2 saturated heterocycles. The summed E-state index contributed by atoms with van der Waals surface area (Å²) in [6, 6.07) is 13.8. The number of nitrogens with one attached hydrogen (secondary N) is 2. The van der Waals surface area contributed by atoms with Gasteiger partial charge in [-0.1, -0.05) is 59.6 Å². The Labute approximate surface area is 265 Å². The summed E-state index contributed by atoms with van der Waals surface area (Å²) in [6.07, 6.45) is 4.07. The van der Waals surface area contributed by atoms with Crippen LogP contribution < -0.4 is 20.1 Å². The third-order valence-electron chi connectivity index (χ3n) is 8.74. The number of carbonyl (C=O) groups is 1. The standard InChI is InChI=1S/C33H32Cl2N6O3/c1-43-31-20-10-12-36-14-19(20)13-25(38-31)23-7-3-5-21(29(23)34)22-6-4-8-24(30(22)35)26-15-37-27(32(39-26)44-2)16-41-17-33(18-41)11-9-28(42)40-33/h3-8,13,15,36H,9-12,14,16-18H2,1-2H3,(H,40,42). The van der Waals surface area contributed by atoms with Crippen molar-refractivity contribution >= 4 is 29.1 Å². The Hall–Kier alpha value is -3.76. The highest BCUT2D eigenvalue weighted by atomic mass is 35.5. The highest BCUT2D eigenvalue weighted by molar-refractivity contribution is 6.39. The molecule has 0 saturated carbocycles. The van der Waals surface area contributed by atoms with Gasteiger partial charge in [-0.25, -0.2) is 9.97 Å². The third-order valence-corrected chi connectivity index (χ3v) is 9.56. The Morgan fingerprint density at radius 2 is 1.57 bits per heavy atom. The summed E-state index contributed by atoms with van der Waals surface area (Å²) in [5.41, 5.74) is 7.37. The zero-order chi connectivity index (χ0) is 30.4. The molecule has 1 spiro atoms. The fourth-order valence-corrected chi connectivity index (χ4v) is 7.23. The minimum absolute atomic E-state index is 0.0938. The number of carbonyl (C=O) groups excluding carboxylic acids is 1. The Bertz CT molecular complexity index is 1760. The summed E-state index contributed by atoms with van der Waals surface area (Å²) >= 11 is 14.2. The predicted molar refractivity (Wildman–Crippen MR) is 170 cm³/mol. The molecule has 9 nitrogen and oxygen atoms in total. The van der Waals surface area contributed by atoms with Crippen molar-refractivity contribution in [3.63, 3.8) is 0 Å². The Balaban J connectivity index is 1.18. The molecule has 0 aliphatic carbocycles. The number of halogens is 2. The minimum atomic E-state index is -0.0938. The van der Waals surface area contributed by atoms with E-state index in [1.807, 2.05) is 36.4 Å². The molecule has 2 fully saturated rings. The van der Waals surface area contributed by atoms with Gasteiger partial charge < -0.3 is 20.1 Å². The first-order valence-electron chi connectivity index (χ1n) is 14.7. The molecule has 44 heavy (non-hydrogen) atoms. The number of fused-ring (bicyclic) bond motifs is 1. The molecule has 2 aromatic carbocycles. The Morgan fingerprint density at radius 3 is 2.23 bits per heavy atom. The van der Waals surface area contributed by atoms with Crippen molar-refractivity contribution in [3.05, 3.63) is 75.5 Å². The summed E-state index contributed by atoms with van der Waals surface area (Å²) in [5, 5.41) is 7.60. The smallest absolute Gasteiger partial charge is 0.237 e. The second-order valence-corrected chi connectivity index (χ2v) is 12.4. The van der Waals surface area contributed by atoms with Gasteiger partial charge in [-0.3, -0.25) is 14.7 Å². The average molecular weight is 632 g/mol. The molecular weight excluding hydrogens is 599 g/mol. The molecule has 2 aromatic heterocycles. The number of hydrogen-bond donors (Lipinski definition) is 2. The molecule has 226 valence electrons. The van der Waals surface area contributed by atoms with Crippen LogP contribution >= 0.6 is 23.2 Å². The highest BCUT2D eigenvalue weighted by Gasteiger charge is 2.47. The van der Waals surface area contributed by atoms with Gasteiger partial charge in [-0.15, -0.1) is 0 Å². The van der Waals surface area contributed by atoms with E-state index in [1.165, 1.54) is 0 Å². The number of amides is 1. The van der Waals surface area contributed by atoms with Crippen molar-refractivity contribution in [2.45, 2.75) is 37.9 Å². The van der Waals surface area contributed by atoms with Gasteiger partial charge in [0.05, 0.1) is 47.4 Å². The van der Waals surface area contributed by atoms with Gasteiger partial charge in [0, 0.05) is 60.4 Å². The van der Waals surface area contributed by atoms with Gasteiger partial charge in [0.25, 0.3) is 0 Å². The van der Waals surface area contributed by atoms with E-state index in [0.717, 1.165) is 83.8 Å². The molecule has 1 amide bonds. The van der Waals surface area contributed by atoms with E-state index in [9.17, 15) is 4.79 Å². The number of rotatable bonds is 7. The molecule has 2 N–H and O–H groups in total. The van der Waals surface area contributed by atoms with Gasteiger partial charge in [-0.2, -0.15) is 0 Å². The number of benzene rings is 2. The van der Waals surface area contributed by atoms with Gasteiger partial charge >= 0.3 is 0 Å². The molecule has 4 aromatic rings. The fourth-order valence-electron chi connectivity index (χ4n) is 6.59. The van der Waals surface area contributed by atoms with Crippen LogP contribution in [0.25, 0.3) is 33.6 Å². The fraction of sp³-hybridized carbons (Fsp3) is 0.333. The Morgan fingerprint density at radius 1 is 0.909 bits per heavy atom. The van der Waals surface area contributed by atoms with Crippen molar-refractivity contribution in [1.29, 1.82) is 0 Å². The van der Waals surface area contributed by atoms with Crippen LogP contribution in [0.1, 0.15) is 29.7 Å². The summed E-state index contributed by atoms with van der Waals surface area (Å²) in [6.45, 7) is 3.83. The van der Waals surface area contributed by atoms with Gasteiger partial charge in [0.1, 0.15) is 5.69 Å². The van der Waals surface area contributed by atoms with E-state index in [4.69, 9.17) is 47.6 Å². The van der Waals surface area contributed by atoms with E-state index >= 15 is 0 Å². The van der Waals surface area contributed by atoms with Gasteiger partial charge in [0.2, 0.25) is 17.7 Å². The number of likely N-dealkylation sites (tertiary alicyclic amines) is 1. The molecule has 0 atom stereocenters. The second kappa shape index (κ2) is 11.6. The number of pyridine rings is 1. The van der Waals surface area contributed by atoms with Crippen LogP contribution in [0.3, 0.4) is 0 Å². The molecule has 5 heterocycles. The third kappa shape index (κ3) is 5.17. The van der Waals surface area contributed by atoms with Gasteiger partial charge in [0.15, 0.2) is 0 Å². The van der Waals surface area contributed by atoms with Crippen molar-refractivity contribution in [2.75, 3.05) is 33.9 Å². The van der Waals surface area contributed by atoms with Crippen molar-refractivity contribution < 1.29 is 14.3 Å².